The third-order valence-electron chi connectivity index (χ3n) is 7.32. The van der Waals surface area contributed by atoms with E-state index in [9.17, 15) is 9.18 Å². The van der Waals surface area contributed by atoms with Gasteiger partial charge in [0.2, 0.25) is 5.91 Å². The second-order valence-electron chi connectivity index (χ2n) is 9.70. The first-order chi connectivity index (χ1) is 18.1. The van der Waals surface area contributed by atoms with Gasteiger partial charge >= 0.3 is 0 Å². The zero-order valence-electron chi connectivity index (χ0n) is 21.5. The normalized spacial score (nSPS) is 14.5. The van der Waals surface area contributed by atoms with E-state index in [-0.39, 0.29) is 17.6 Å². The van der Waals surface area contributed by atoms with Gasteiger partial charge in [0, 0.05) is 55.1 Å². The van der Waals surface area contributed by atoms with Crippen molar-refractivity contribution < 1.29 is 18.7 Å². The molecule has 1 aliphatic heterocycles. The number of nitrogens with zero attached hydrogens (tertiary/aromatic N) is 2. The number of amides is 1. The smallest absolute Gasteiger partial charge is 0.223 e. The maximum Gasteiger partial charge on any atom is 0.223 e. The third-order valence-corrected chi connectivity index (χ3v) is 7.32. The highest BCUT2D eigenvalue weighted by molar-refractivity contribution is 5.87. The van der Waals surface area contributed by atoms with Gasteiger partial charge in [-0.05, 0) is 66.3 Å². The average molecular weight is 501 g/mol. The molecule has 1 unspecified atom stereocenters. The Bertz CT molecular complexity index is 1350. The Labute approximate surface area is 217 Å². The fraction of sp³-hybridized carbons (Fsp3) is 0.323. The molecular formula is C31H33FN2O3. The number of rotatable bonds is 8. The zero-order valence-corrected chi connectivity index (χ0v) is 21.5. The zero-order chi connectivity index (χ0) is 25.8. The van der Waals surface area contributed by atoms with Crippen LogP contribution in [0.1, 0.15) is 48.3 Å². The lowest BCUT2D eigenvalue weighted by molar-refractivity contribution is -0.132. The summed E-state index contributed by atoms with van der Waals surface area (Å²) in [5.41, 5.74) is 4.15. The SMILES string of the molecule is COc1cc(OC)cc(C(CC(=O)N2CCCCC2)c2cn(Cc3ccc(F)cc3)c3ccccc23)c1. The molecular weight excluding hydrogens is 467 g/mol. The first-order valence-electron chi connectivity index (χ1n) is 12.9. The molecule has 5 nitrogen and oxygen atoms in total. The van der Waals surface area contributed by atoms with Crippen molar-refractivity contribution in [1.29, 1.82) is 0 Å². The molecule has 1 saturated heterocycles. The lowest BCUT2D eigenvalue weighted by Crippen LogP contribution is -2.36. The van der Waals surface area contributed by atoms with E-state index in [1.54, 1.807) is 14.2 Å². The molecule has 0 radical (unpaired) electrons. The minimum absolute atomic E-state index is 0.168. The van der Waals surface area contributed by atoms with Gasteiger partial charge in [0.05, 0.1) is 14.2 Å². The number of hydrogen-bond donors (Lipinski definition) is 0. The highest BCUT2D eigenvalue weighted by atomic mass is 19.1. The largest absolute Gasteiger partial charge is 0.497 e. The lowest BCUT2D eigenvalue weighted by Gasteiger charge is -2.29. The molecule has 0 aliphatic carbocycles. The number of halogens is 1. The summed E-state index contributed by atoms with van der Waals surface area (Å²) in [6, 6.07) is 20.7. The summed E-state index contributed by atoms with van der Waals surface area (Å²) in [6.45, 7) is 2.24. The van der Waals surface area contributed by atoms with Crippen LogP contribution in [-0.2, 0) is 11.3 Å². The number of fused-ring (bicyclic) bond motifs is 1. The second-order valence-corrected chi connectivity index (χ2v) is 9.70. The van der Waals surface area contributed by atoms with Gasteiger partial charge in [0.15, 0.2) is 0 Å². The van der Waals surface area contributed by atoms with Crippen LogP contribution in [0.3, 0.4) is 0 Å². The van der Waals surface area contributed by atoms with E-state index >= 15 is 0 Å². The number of likely N-dealkylation sites (tertiary alicyclic amines) is 1. The van der Waals surface area contributed by atoms with Crippen molar-refractivity contribution in [2.24, 2.45) is 0 Å². The van der Waals surface area contributed by atoms with Gasteiger partial charge in [0.25, 0.3) is 0 Å². The van der Waals surface area contributed by atoms with E-state index in [0.717, 1.165) is 53.5 Å². The van der Waals surface area contributed by atoms with Gasteiger partial charge in [-0.3, -0.25) is 4.79 Å². The number of carbonyl (C=O) groups excluding carboxylic acids is 1. The summed E-state index contributed by atoms with van der Waals surface area (Å²) in [7, 11) is 3.28. The standard InChI is InChI=1S/C31H33FN2O3/c1-36-25-16-23(17-26(18-25)37-2)28(19-31(35)33-14-6-3-7-15-33)29-21-34(30-9-5-4-8-27(29)30)20-22-10-12-24(32)13-11-22/h4-5,8-13,16-18,21,28H,3,6-7,14-15,19-20H2,1-2H3. The van der Waals surface area contributed by atoms with Gasteiger partial charge < -0.3 is 18.9 Å². The van der Waals surface area contributed by atoms with Crippen LogP contribution in [0.5, 0.6) is 11.5 Å². The second kappa shape index (κ2) is 11.1. The van der Waals surface area contributed by atoms with Crippen LogP contribution < -0.4 is 9.47 Å². The fourth-order valence-electron chi connectivity index (χ4n) is 5.36. The summed E-state index contributed by atoms with van der Waals surface area (Å²) < 4.78 is 26.8. The van der Waals surface area contributed by atoms with Gasteiger partial charge in [-0.2, -0.15) is 0 Å². The molecule has 1 amide bonds. The fourth-order valence-corrected chi connectivity index (χ4v) is 5.36. The minimum Gasteiger partial charge on any atom is -0.497 e. The summed E-state index contributed by atoms with van der Waals surface area (Å²) in [5, 5.41) is 1.10. The Morgan fingerprint density at radius 2 is 1.59 bits per heavy atom. The van der Waals surface area contributed by atoms with Crippen molar-refractivity contribution in [2.75, 3.05) is 27.3 Å². The molecule has 0 spiro atoms. The molecule has 1 atom stereocenters. The maximum absolute atomic E-state index is 13.6. The summed E-state index contributed by atoms with van der Waals surface area (Å²) in [5.74, 6) is 1.13. The topological polar surface area (TPSA) is 43.7 Å². The highest BCUT2D eigenvalue weighted by Crippen LogP contribution is 2.38. The molecule has 4 aromatic rings. The van der Waals surface area contributed by atoms with Crippen LogP contribution in [0.25, 0.3) is 10.9 Å². The molecule has 1 fully saturated rings. The lowest BCUT2D eigenvalue weighted by atomic mass is 9.87. The maximum atomic E-state index is 13.6. The van der Waals surface area contributed by atoms with Crippen molar-refractivity contribution in [3.63, 3.8) is 0 Å². The van der Waals surface area contributed by atoms with Gasteiger partial charge in [-0.15, -0.1) is 0 Å². The Morgan fingerprint density at radius 3 is 2.27 bits per heavy atom. The van der Waals surface area contributed by atoms with E-state index in [4.69, 9.17) is 9.47 Å². The Kier molecular flexibility index (Phi) is 7.45. The summed E-state index contributed by atoms with van der Waals surface area (Å²) >= 11 is 0. The molecule has 0 N–H and O–H groups in total. The van der Waals surface area contributed by atoms with Crippen molar-refractivity contribution in [3.8, 4) is 11.5 Å². The van der Waals surface area contributed by atoms with Crippen LogP contribution in [-0.4, -0.2) is 42.7 Å². The Morgan fingerprint density at radius 1 is 0.919 bits per heavy atom. The molecule has 1 aromatic heterocycles. The molecule has 0 saturated carbocycles. The average Bonchev–Trinajstić information content (AvgIpc) is 3.30. The van der Waals surface area contributed by atoms with Crippen LogP contribution >= 0.6 is 0 Å². The number of benzene rings is 3. The van der Waals surface area contributed by atoms with E-state index in [0.29, 0.717) is 24.5 Å². The monoisotopic (exact) mass is 500 g/mol. The minimum atomic E-state index is -0.245. The molecule has 5 rings (SSSR count). The molecule has 0 bridgehead atoms. The molecule has 3 aromatic carbocycles. The van der Waals surface area contributed by atoms with Gasteiger partial charge in [0.1, 0.15) is 17.3 Å². The first kappa shape index (κ1) is 24.9. The van der Waals surface area contributed by atoms with Crippen LogP contribution in [0.15, 0.2) is 72.9 Å². The van der Waals surface area contributed by atoms with E-state index in [2.05, 4.69) is 22.9 Å². The number of hydrogen-bond acceptors (Lipinski definition) is 3. The van der Waals surface area contributed by atoms with Crippen molar-refractivity contribution in [1.82, 2.24) is 9.47 Å². The highest BCUT2D eigenvalue weighted by Gasteiger charge is 2.27. The predicted octanol–water partition coefficient (Wildman–Crippen LogP) is 6.38. The number of aromatic nitrogens is 1. The van der Waals surface area contributed by atoms with Crippen LogP contribution in [0.4, 0.5) is 4.39 Å². The molecule has 6 heteroatoms. The number of carbonyl (C=O) groups is 1. The van der Waals surface area contributed by atoms with E-state index < -0.39 is 0 Å². The number of methoxy groups -OCH3 is 2. The molecule has 37 heavy (non-hydrogen) atoms. The van der Waals surface area contributed by atoms with E-state index in [1.165, 1.54) is 18.6 Å². The van der Waals surface area contributed by atoms with Crippen molar-refractivity contribution in [2.45, 2.75) is 38.1 Å². The summed E-state index contributed by atoms with van der Waals surface area (Å²) in [6.07, 6.45) is 5.80. The van der Waals surface area contributed by atoms with Gasteiger partial charge in [-0.1, -0.05) is 30.3 Å². The number of ether oxygens (including phenoxy) is 2. The quantitative estimate of drug-likeness (QED) is 0.282. The first-order valence-corrected chi connectivity index (χ1v) is 12.9. The Balaban J connectivity index is 1.60. The number of para-hydroxylation sites is 1. The predicted molar refractivity (Wildman–Crippen MR) is 144 cm³/mol. The van der Waals surface area contributed by atoms with Crippen molar-refractivity contribution in [3.05, 3.63) is 95.4 Å². The molecule has 192 valence electrons. The summed E-state index contributed by atoms with van der Waals surface area (Å²) in [4.78, 5) is 15.6. The van der Waals surface area contributed by atoms with E-state index in [1.807, 2.05) is 47.4 Å². The molecule has 1 aliphatic rings. The number of piperidine rings is 1. The molecule has 2 heterocycles. The van der Waals surface area contributed by atoms with Crippen molar-refractivity contribution >= 4 is 16.8 Å². The Hall–Kier alpha value is -3.80. The third kappa shape index (κ3) is 5.48. The van der Waals surface area contributed by atoms with Crippen LogP contribution in [0.2, 0.25) is 0 Å². The van der Waals surface area contributed by atoms with Crippen LogP contribution in [0, 0.1) is 5.82 Å². The van der Waals surface area contributed by atoms with Gasteiger partial charge in [-0.25, -0.2) is 4.39 Å².